The van der Waals surface area contributed by atoms with Crippen molar-refractivity contribution in [2.75, 3.05) is 32.7 Å². The van der Waals surface area contributed by atoms with E-state index < -0.39 is 0 Å². The molecule has 1 fully saturated rings. The molecule has 0 bridgehead atoms. The molecule has 1 aromatic rings. The predicted molar refractivity (Wildman–Crippen MR) is 83.1 cm³/mol. The second-order valence-electron chi connectivity index (χ2n) is 6.63. The van der Waals surface area contributed by atoms with Gasteiger partial charge >= 0.3 is 6.03 Å². The Hall–Kier alpha value is -1.56. The summed E-state index contributed by atoms with van der Waals surface area (Å²) in [5, 5.41) is 7.26. The number of nitrogens with zero attached hydrogens (tertiary/aromatic N) is 4. The summed E-state index contributed by atoms with van der Waals surface area (Å²) in [6.45, 7) is 11.5. The minimum atomic E-state index is -0.177. The SMILES string of the molecule is CC(C)(C)NC(=O)N1CCCN(CCn2cccn2)CC1. The summed E-state index contributed by atoms with van der Waals surface area (Å²) in [6.07, 6.45) is 4.82. The minimum Gasteiger partial charge on any atom is -0.333 e. The van der Waals surface area contributed by atoms with Crippen molar-refractivity contribution in [1.29, 1.82) is 0 Å². The van der Waals surface area contributed by atoms with E-state index in [2.05, 4.69) is 15.3 Å². The van der Waals surface area contributed by atoms with E-state index in [4.69, 9.17) is 0 Å². The van der Waals surface area contributed by atoms with Gasteiger partial charge in [-0.2, -0.15) is 5.10 Å². The Morgan fingerprint density at radius 3 is 2.67 bits per heavy atom. The molecule has 1 N–H and O–H groups in total. The van der Waals surface area contributed by atoms with E-state index in [-0.39, 0.29) is 11.6 Å². The largest absolute Gasteiger partial charge is 0.333 e. The summed E-state index contributed by atoms with van der Waals surface area (Å²) in [5.41, 5.74) is -0.177. The van der Waals surface area contributed by atoms with Crippen LogP contribution in [0.3, 0.4) is 0 Å². The molecule has 0 aromatic carbocycles. The number of hydrogen-bond acceptors (Lipinski definition) is 3. The zero-order chi connectivity index (χ0) is 15.3. The molecular formula is C15H27N5O. The average molecular weight is 293 g/mol. The van der Waals surface area contributed by atoms with Crippen molar-refractivity contribution >= 4 is 6.03 Å². The van der Waals surface area contributed by atoms with Crippen LogP contribution in [-0.2, 0) is 6.54 Å². The van der Waals surface area contributed by atoms with Crippen molar-refractivity contribution in [1.82, 2.24) is 24.9 Å². The second-order valence-corrected chi connectivity index (χ2v) is 6.63. The van der Waals surface area contributed by atoms with Crippen molar-refractivity contribution in [3.05, 3.63) is 18.5 Å². The predicted octanol–water partition coefficient (Wildman–Crippen LogP) is 1.40. The summed E-state index contributed by atoms with van der Waals surface area (Å²) >= 11 is 0. The van der Waals surface area contributed by atoms with Crippen LogP contribution in [0.25, 0.3) is 0 Å². The third-order valence-corrected chi connectivity index (χ3v) is 3.56. The van der Waals surface area contributed by atoms with Gasteiger partial charge in [-0.25, -0.2) is 4.79 Å². The molecule has 0 aliphatic carbocycles. The minimum absolute atomic E-state index is 0.0522. The molecule has 2 rings (SSSR count). The second kappa shape index (κ2) is 6.93. The smallest absolute Gasteiger partial charge is 0.317 e. The average Bonchev–Trinajstić information content (AvgIpc) is 2.78. The first-order chi connectivity index (χ1) is 9.94. The topological polar surface area (TPSA) is 53.4 Å². The van der Waals surface area contributed by atoms with Crippen molar-refractivity contribution in [3.8, 4) is 0 Å². The molecule has 1 aliphatic heterocycles. The lowest BCUT2D eigenvalue weighted by Crippen LogP contribution is -2.49. The van der Waals surface area contributed by atoms with E-state index in [1.165, 1.54) is 0 Å². The number of carbonyl (C=O) groups is 1. The van der Waals surface area contributed by atoms with E-state index >= 15 is 0 Å². The first-order valence-corrected chi connectivity index (χ1v) is 7.71. The first-order valence-electron chi connectivity index (χ1n) is 7.71. The van der Waals surface area contributed by atoms with Gasteiger partial charge in [0.1, 0.15) is 0 Å². The number of aromatic nitrogens is 2. The molecule has 118 valence electrons. The van der Waals surface area contributed by atoms with Crippen molar-refractivity contribution in [2.45, 2.75) is 39.3 Å². The molecule has 1 aliphatic rings. The van der Waals surface area contributed by atoms with Gasteiger partial charge in [-0.15, -0.1) is 0 Å². The van der Waals surface area contributed by atoms with Crippen LogP contribution in [-0.4, -0.2) is 63.9 Å². The summed E-state index contributed by atoms with van der Waals surface area (Å²) < 4.78 is 1.95. The molecule has 0 atom stereocenters. The van der Waals surface area contributed by atoms with Crippen molar-refractivity contribution < 1.29 is 4.79 Å². The molecule has 0 spiro atoms. The molecule has 2 amide bonds. The lowest BCUT2D eigenvalue weighted by molar-refractivity contribution is 0.188. The molecule has 2 heterocycles. The molecule has 21 heavy (non-hydrogen) atoms. The Balaban J connectivity index is 1.77. The summed E-state index contributed by atoms with van der Waals surface area (Å²) in [7, 11) is 0. The quantitative estimate of drug-likeness (QED) is 0.916. The van der Waals surface area contributed by atoms with Gasteiger partial charge in [-0.05, 0) is 39.8 Å². The van der Waals surface area contributed by atoms with Crippen LogP contribution in [0.4, 0.5) is 4.79 Å². The van der Waals surface area contributed by atoms with Crippen molar-refractivity contribution in [3.63, 3.8) is 0 Å². The molecule has 0 unspecified atom stereocenters. The normalized spacial score (nSPS) is 17.6. The summed E-state index contributed by atoms with van der Waals surface area (Å²) in [6, 6.07) is 2.00. The summed E-state index contributed by atoms with van der Waals surface area (Å²) in [4.78, 5) is 16.5. The van der Waals surface area contributed by atoms with E-state index in [1.54, 1.807) is 6.20 Å². The number of hydrogen-bond donors (Lipinski definition) is 1. The maximum atomic E-state index is 12.2. The molecule has 1 aromatic heterocycles. The molecular weight excluding hydrogens is 266 g/mol. The van der Waals surface area contributed by atoms with Crippen LogP contribution in [0.1, 0.15) is 27.2 Å². The third-order valence-electron chi connectivity index (χ3n) is 3.56. The standard InChI is InChI=1S/C15H27N5O/c1-15(2,3)17-14(21)19-8-5-7-18(10-12-19)11-13-20-9-4-6-16-20/h4,6,9H,5,7-8,10-13H2,1-3H3,(H,17,21). The van der Waals surface area contributed by atoms with Crippen LogP contribution in [0, 0.1) is 0 Å². The van der Waals surface area contributed by atoms with E-state index in [0.717, 1.165) is 45.7 Å². The maximum absolute atomic E-state index is 12.2. The highest BCUT2D eigenvalue weighted by Crippen LogP contribution is 2.06. The number of rotatable bonds is 3. The van der Waals surface area contributed by atoms with Crippen LogP contribution >= 0.6 is 0 Å². The number of nitrogens with one attached hydrogen (secondary N) is 1. The summed E-state index contributed by atoms with van der Waals surface area (Å²) in [5.74, 6) is 0. The van der Waals surface area contributed by atoms with Crippen LogP contribution in [0.15, 0.2) is 18.5 Å². The first kappa shape index (κ1) is 15.8. The highest BCUT2D eigenvalue weighted by molar-refractivity contribution is 5.74. The highest BCUT2D eigenvalue weighted by Gasteiger charge is 2.22. The monoisotopic (exact) mass is 293 g/mol. The highest BCUT2D eigenvalue weighted by atomic mass is 16.2. The van der Waals surface area contributed by atoms with Gasteiger partial charge in [0.25, 0.3) is 0 Å². The molecule has 6 heteroatoms. The fourth-order valence-electron chi connectivity index (χ4n) is 2.47. The van der Waals surface area contributed by atoms with Gasteiger partial charge in [0.2, 0.25) is 0 Å². The van der Waals surface area contributed by atoms with E-state index in [0.29, 0.717) is 0 Å². The van der Waals surface area contributed by atoms with Gasteiger partial charge in [-0.1, -0.05) is 0 Å². The Morgan fingerprint density at radius 2 is 2.00 bits per heavy atom. The van der Waals surface area contributed by atoms with E-state index in [1.807, 2.05) is 42.6 Å². The Bertz CT molecular complexity index is 437. The number of carbonyl (C=O) groups excluding carboxylic acids is 1. The lowest BCUT2D eigenvalue weighted by atomic mass is 10.1. The van der Waals surface area contributed by atoms with Crippen molar-refractivity contribution in [2.24, 2.45) is 0 Å². The molecule has 6 nitrogen and oxygen atoms in total. The van der Waals surface area contributed by atoms with Crippen LogP contribution in [0.2, 0.25) is 0 Å². The fraction of sp³-hybridized carbons (Fsp3) is 0.733. The van der Waals surface area contributed by atoms with Crippen LogP contribution < -0.4 is 5.32 Å². The fourth-order valence-corrected chi connectivity index (χ4v) is 2.47. The van der Waals surface area contributed by atoms with Gasteiger partial charge in [0, 0.05) is 44.1 Å². The Labute approximate surface area is 127 Å². The van der Waals surface area contributed by atoms with Crippen LogP contribution in [0.5, 0.6) is 0 Å². The molecule has 1 saturated heterocycles. The van der Waals surface area contributed by atoms with Gasteiger partial charge in [-0.3, -0.25) is 9.58 Å². The van der Waals surface area contributed by atoms with Gasteiger partial charge in [0.15, 0.2) is 0 Å². The zero-order valence-corrected chi connectivity index (χ0v) is 13.4. The van der Waals surface area contributed by atoms with Gasteiger partial charge < -0.3 is 10.2 Å². The third kappa shape index (κ3) is 5.38. The van der Waals surface area contributed by atoms with Gasteiger partial charge in [0.05, 0.1) is 6.54 Å². The lowest BCUT2D eigenvalue weighted by Gasteiger charge is -2.27. The zero-order valence-electron chi connectivity index (χ0n) is 13.4. The number of urea groups is 1. The van der Waals surface area contributed by atoms with E-state index in [9.17, 15) is 4.79 Å². The molecule has 0 radical (unpaired) electrons. The molecule has 0 saturated carbocycles. The number of amides is 2. The Kier molecular flexibility index (Phi) is 5.22. The Morgan fingerprint density at radius 1 is 1.19 bits per heavy atom. The maximum Gasteiger partial charge on any atom is 0.317 e.